The van der Waals surface area contributed by atoms with E-state index in [1.54, 1.807) is 11.5 Å². The van der Waals surface area contributed by atoms with Crippen molar-refractivity contribution >= 4 is 16.7 Å². The highest BCUT2D eigenvalue weighted by atomic mass is 32.1. The Morgan fingerprint density at radius 3 is 2.59 bits per heavy atom. The lowest BCUT2D eigenvalue weighted by atomic mass is 9.90. The molecule has 0 saturated carbocycles. The van der Waals surface area contributed by atoms with Crippen molar-refractivity contribution in [1.29, 1.82) is 0 Å². The fraction of sp³-hybridized carbons (Fsp3) is 0.846. The minimum absolute atomic E-state index is 0.846. The van der Waals surface area contributed by atoms with Gasteiger partial charge in [-0.05, 0) is 31.6 Å². The second-order valence-electron chi connectivity index (χ2n) is 5.53. The third-order valence-corrected chi connectivity index (χ3v) is 4.42. The van der Waals surface area contributed by atoms with Crippen molar-refractivity contribution in [1.82, 2.24) is 9.36 Å². The number of aromatic nitrogens is 2. The highest BCUT2D eigenvalue weighted by Crippen LogP contribution is 2.27. The first-order valence-electron chi connectivity index (χ1n) is 6.70. The number of piperidine rings is 1. The Bertz CT molecular complexity index is 340. The van der Waals surface area contributed by atoms with Gasteiger partial charge in [0.05, 0.1) is 0 Å². The summed E-state index contributed by atoms with van der Waals surface area (Å²) in [6.45, 7) is 8.93. The van der Waals surface area contributed by atoms with Crippen LogP contribution < -0.4 is 4.90 Å². The van der Waals surface area contributed by atoms with Crippen LogP contribution in [-0.4, -0.2) is 22.4 Å². The van der Waals surface area contributed by atoms with Gasteiger partial charge in [-0.25, -0.2) is 4.98 Å². The van der Waals surface area contributed by atoms with E-state index in [1.807, 2.05) is 6.92 Å². The van der Waals surface area contributed by atoms with Crippen molar-refractivity contribution in [2.75, 3.05) is 18.0 Å². The van der Waals surface area contributed by atoms with E-state index < -0.39 is 0 Å². The molecule has 1 aromatic heterocycles. The highest BCUT2D eigenvalue weighted by molar-refractivity contribution is 7.09. The molecule has 1 saturated heterocycles. The number of nitrogens with zero attached hydrogens (tertiary/aromatic N) is 3. The average molecular weight is 253 g/mol. The summed E-state index contributed by atoms with van der Waals surface area (Å²) in [6, 6.07) is 0. The summed E-state index contributed by atoms with van der Waals surface area (Å²) in [4.78, 5) is 6.87. The molecule has 0 N–H and O–H groups in total. The quantitative estimate of drug-likeness (QED) is 0.822. The van der Waals surface area contributed by atoms with Crippen LogP contribution in [0.3, 0.4) is 0 Å². The molecule has 0 unspecified atom stereocenters. The summed E-state index contributed by atoms with van der Waals surface area (Å²) in [6.07, 6.45) is 5.43. The van der Waals surface area contributed by atoms with Gasteiger partial charge >= 0.3 is 0 Å². The number of hydrogen-bond acceptors (Lipinski definition) is 4. The highest BCUT2D eigenvalue weighted by Gasteiger charge is 2.21. The fourth-order valence-corrected chi connectivity index (χ4v) is 3.12. The Hall–Kier alpha value is -0.640. The van der Waals surface area contributed by atoms with E-state index >= 15 is 0 Å². The molecule has 3 nitrogen and oxygen atoms in total. The first-order chi connectivity index (χ1) is 8.15. The SMILES string of the molecule is Cc1nsc(N2CCC(CCC(C)C)CC2)n1. The van der Waals surface area contributed by atoms with Crippen LogP contribution >= 0.6 is 11.5 Å². The van der Waals surface area contributed by atoms with Gasteiger partial charge in [0.2, 0.25) is 5.13 Å². The maximum Gasteiger partial charge on any atom is 0.205 e. The van der Waals surface area contributed by atoms with Crippen molar-refractivity contribution in [2.24, 2.45) is 11.8 Å². The van der Waals surface area contributed by atoms with Crippen LogP contribution in [0.25, 0.3) is 0 Å². The largest absolute Gasteiger partial charge is 0.347 e. The second kappa shape index (κ2) is 5.80. The van der Waals surface area contributed by atoms with Crippen LogP contribution in [-0.2, 0) is 0 Å². The van der Waals surface area contributed by atoms with Crippen molar-refractivity contribution in [3.8, 4) is 0 Å². The van der Waals surface area contributed by atoms with E-state index in [0.717, 1.165) is 35.9 Å². The Labute approximate surface area is 108 Å². The molecule has 2 rings (SSSR count). The Morgan fingerprint density at radius 1 is 1.35 bits per heavy atom. The Morgan fingerprint density at radius 2 is 2.06 bits per heavy atom. The molecule has 17 heavy (non-hydrogen) atoms. The molecule has 0 spiro atoms. The van der Waals surface area contributed by atoms with Gasteiger partial charge in [-0.3, -0.25) is 0 Å². The van der Waals surface area contributed by atoms with Gasteiger partial charge in [-0.1, -0.05) is 26.7 Å². The van der Waals surface area contributed by atoms with Crippen LogP contribution in [0.4, 0.5) is 5.13 Å². The van der Waals surface area contributed by atoms with E-state index in [1.165, 1.54) is 25.7 Å². The zero-order valence-corrected chi connectivity index (χ0v) is 12.0. The van der Waals surface area contributed by atoms with Gasteiger partial charge in [0.15, 0.2) is 0 Å². The Balaban J connectivity index is 1.78. The molecular weight excluding hydrogens is 230 g/mol. The van der Waals surface area contributed by atoms with Crippen molar-refractivity contribution in [2.45, 2.75) is 46.5 Å². The van der Waals surface area contributed by atoms with Crippen LogP contribution in [0.5, 0.6) is 0 Å². The molecule has 0 aromatic carbocycles. The zero-order chi connectivity index (χ0) is 12.3. The molecule has 0 amide bonds. The maximum absolute atomic E-state index is 4.47. The summed E-state index contributed by atoms with van der Waals surface area (Å²) in [5.41, 5.74) is 0. The summed E-state index contributed by atoms with van der Waals surface area (Å²) < 4.78 is 4.26. The average Bonchev–Trinajstić information content (AvgIpc) is 2.74. The van der Waals surface area contributed by atoms with E-state index in [-0.39, 0.29) is 0 Å². The second-order valence-corrected chi connectivity index (χ2v) is 6.26. The fourth-order valence-electron chi connectivity index (χ4n) is 2.40. The molecule has 0 aliphatic carbocycles. The molecule has 1 fully saturated rings. The lowest BCUT2D eigenvalue weighted by molar-refractivity contribution is 0.351. The molecular formula is C13H23N3S. The molecule has 1 aliphatic rings. The van der Waals surface area contributed by atoms with Gasteiger partial charge in [0, 0.05) is 24.6 Å². The van der Waals surface area contributed by atoms with Gasteiger partial charge in [0.1, 0.15) is 5.82 Å². The maximum atomic E-state index is 4.47. The zero-order valence-electron chi connectivity index (χ0n) is 11.1. The van der Waals surface area contributed by atoms with Gasteiger partial charge in [0.25, 0.3) is 0 Å². The predicted molar refractivity (Wildman–Crippen MR) is 73.7 cm³/mol. The number of hydrogen-bond donors (Lipinski definition) is 0. The van der Waals surface area contributed by atoms with E-state index in [4.69, 9.17) is 0 Å². The van der Waals surface area contributed by atoms with Gasteiger partial charge < -0.3 is 4.90 Å². The standard InChI is InChI=1S/C13H23N3S/c1-10(2)4-5-12-6-8-16(9-7-12)13-14-11(3)15-17-13/h10,12H,4-9H2,1-3H3. The topological polar surface area (TPSA) is 29.0 Å². The third kappa shape index (κ3) is 3.66. The van der Waals surface area contributed by atoms with Crippen molar-refractivity contribution < 1.29 is 0 Å². The molecule has 1 aromatic rings. The lowest BCUT2D eigenvalue weighted by Crippen LogP contribution is -2.33. The molecule has 4 heteroatoms. The van der Waals surface area contributed by atoms with Crippen LogP contribution in [0.15, 0.2) is 0 Å². The molecule has 1 aliphatic heterocycles. The summed E-state index contributed by atoms with van der Waals surface area (Å²) in [7, 11) is 0. The molecule has 0 atom stereocenters. The normalized spacial score (nSPS) is 18.0. The van der Waals surface area contributed by atoms with Crippen molar-refractivity contribution in [3.63, 3.8) is 0 Å². The monoisotopic (exact) mass is 253 g/mol. The number of aryl methyl sites for hydroxylation is 1. The van der Waals surface area contributed by atoms with E-state index in [2.05, 4.69) is 28.1 Å². The minimum Gasteiger partial charge on any atom is -0.347 e. The third-order valence-electron chi connectivity index (χ3n) is 3.55. The smallest absolute Gasteiger partial charge is 0.205 e. The van der Waals surface area contributed by atoms with Crippen molar-refractivity contribution in [3.05, 3.63) is 5.82 Å². The van der Waals surface area contributed by atoms with Crippen LogP contribution in [0.2, 0.25) is 0 Å². The van der Waals surface area contributed by atoms with Crippen LogP contribution in [0.1, 0.15) is 45.4 Å². The van der Waals surface area contributed by atoms with E-state index in [9.17, 15) is 0 Å². The number of rotatable bonds is 4. The Kier molecular flexibility index (Phi) is 4.37. The molecule has 96 valence electrons. The summed E-state index contributed by atoms with van der Waals surface area (Å²) >= 11 is 1.54. The minimum atomic E-state index is 0.846. The molecule has 2 heterocycles. The van der Waals surface area contributed by atoms with Crippen LogP contribution in [0, 0.1) is 18.8 Å². The summed E-state index contributed by atoms with van der Waals surface area (Å²) in [5, 5.41) is 1.12. The first-order valence-corrected chi connectivity index (χ1v) is 7.47. The van der Waals surface area contributed by atoms with Gasteiger partial charge in [-0.15, -0.1) is 0 Å². The molecule has 0 bridgehead atoms. The van der Waals surface area contributed by atoms with Gasteiger partial charge in [-0.2, -0.15) is 4.37 Å². The summed E-state index contributed by atoms with van der Waals surface area (Å²) in [5.74, 6) is 2.69. The predicted octanol–water partition coefficient (Wildman–Crippen LogP) is 3.50. The van der Waals surface area contributed by atoms with E-state index in [0.29, 0.717) is 0 Å². The first kappa shape index (κ1) is 12.8. The lowest BCUT2D eigenvalue weighted by Gasteiger charge is -2.31. The molecule has 0 radical (unpaired) electrons. The number of anilines is 1.